The lowest BCUT2D eigenvalue weighted by molar-refractivity contribution is -0.204. The van der Waals surface area contributed by atoms with Gasteiger partial charge in [0.05, 0.1) is 18.2 Å². The molecule has 0 amide bonds. The van der Waals surface area contributed by atoms with Crippen molar-refractivity contribution in [2.75, 3.05) is 19.8 Å². The minimum Gasteiger partial charge on any atom is -0.381 e. The van der Waals surface area contributed by atoms with Crippen molar-refractivity contribution in [1.82, 2.24) is 0 Å². The molecule has 2 aliphatic rings. The molecule has 0 aromatic carbocycles. The van der Waals surface area contributed by atoms with Gasteiger partial charge in [-0.3, -0.25) is 0 Å². The van der Waals surface area contributed by atoms with Crippen LogP contribution in [0.5, 0.6) is 0 Å². The summed E-state index contributed by atoms with van der Waals surface area (Å²) in [5.41, 5.74) is 5.82. The second kappa shape index (κ2) is 2.19. The number of rotatable bonds is 0. The highest BCUT2D eigenvalue weighted by atomic mass is 16.5. The molecule has 3 nitrogen and oxygen atoms in total. The summed E-state index contributed by atoms with van der Waals surface area (Å²) in [7, 11) is 0. The van der Waals surface area contributed by atoms with Gasteiger partial charge >= 0.3 is 0 Å². The van der Waals surface area contributed by atoms with Gasteiger partial charge in [-0.2, -0.15) is 0 Å². The highest BCUT2D eigenvalue weighted by Gasteiger charge is 2.46. The molecule has 0 aromatic rings. The largest absolute Gasteiger partial charge is 0.381 e. The van der Waals surface area contributed by atoms with E-state index in [1.54, 1.807) is 0 Å². The summed E-state index contributed by atoms with van der Waals surface area (Å²) < 4.78 is 10.7. The normalized spacial score (nSPS) is 37.5. The first-order valence-electron chi connectivity index (χ1n) is 3.81. The highest BCUT2D eigenvalue weighted by Crippen LogP contribution is 2.34. The summed E-state index contributed by atoms with van der Waals surface area (Å²) in [6, 6.07) is 0.261. The lowest BCUT2D eigenvalue weighted by Gasteiger charge is -2.49. The van der Waals surface area contributed by atoms with E-state index in [1.807, 2.05) is 0 Å². The molecule has 2 aliphatic heterocycles. The molecule has 58 valence electrons. The lowest BCUT2D eigenvalue weighted by Crippen LogP contribution is -2.64. The smallest absolute Gasteiger partial charge is 0.0899 e. The zero-order valence-corrected chi connectivity index (χ0v) is 6.01. The second-order valence-corrected chi connectivity index (χ2v) is 3.09. The minimum atomic E-state index is 0.0122. The van der Waals surface area contributed by atoms with E-state index in [2.05, 4.69) is 0 Å². The predicted octanol–water partition coefficient (Wildman–Crippen LogP) is -0.107. The number of nitrogens with two attached hydrogens (primary N) is 1. The summed E-state index contributed by atoms with van der Waals surface area (Å²) in [5.74, 6) is 0. The summed E-state index contributed by atoms with van der Waals surface area (Å²) in [4.78, 5) is 0. The molecule has 2 rings (SSSR count). The van der Waals surface area contributed by atoms with E-state index in [1.165, 1.54) is 0 Å². The maximum Gasteiger partial charge on any atom is 0.0899 e. The quantitative estimate of drug-likeness (QED) is 0.514. The Morgan fingerprint density at radius 3 is 2.30 bits per heavy atom. The van der Waals surface area contributed by atoms with Crippen LogP contribution in [0.25, 0.3) is 0 Å². The molecule has 1 atom stereocenters. The molecule has 3 heteroatoms. The van der Waals surface area contributed by atoms with E-state index in [0.717, 1.165) is 32.7 Å². The zero-order chi connectivity index (χ0) is 7.03. The van der Waals surface area contributed by atoms with E-state index >= 15 is 0 Å². The van der Waals surface area contributed by atoms with Gasteiger partial charge in [-0.15, -0.1) is 0 Å². The number of hydrogen-bond acceptors (Lipinski definition) is 3. The molecule has 1 unspecified atom stereocenters. The van der Waals surface area contributed by atoms with E-state index < -0.39 is 0 Å². The molecule has 2 N–H and O–H groups in total. The Bertz CT molecular complexity index is 132. The van der Waals surface area contributed by atoms with Crippen LogP contribution < -0.4 is 5.73 Å². The van der Waals surface area contributed by atoms with E-state index in [4.69, 9.17) is 15.2 Å². The van der Waals surface area contributed by atoms with Gasteiger partial charge in [0, 0.05) is 26.1 Å². The van der Waals surface area contributed by atoms with Crippen molar-refractivity contribution in [3.05, 3.63) is 0 Å². The first kappa shape index (κ1) is 6.58. The van der Waals surface area contributed by atoms with Gasteiger partial charge in [0.25, 0.3) is 0 Å². The molecule has 2 heterocycles. The van der Waals surface area contributed by atoms with E-state index in [-0.39, 0.29) is 11.6 Å². The highest BCUT2D eigenvalue weighted by molar-refractivity contribution is 4.99. The monoisotopic (exact) mass is 143 g/mol. The molecular formula is C7H13NO2. The molecule has 0 bridgehead atoms. The first-order valence-corrected chi connectivity index (χ1v) is 3.81. The van der Waals surface area contributed by atoms with Gasteiger partial charge in [-0.05, 0) is 0 Å². The van der Waals surface area contributed by atoms with Crippen molar-refractivity contribution < 1.29 is 9.47 Å². The third-order valence-corrected chi connectivity index (χ3v) is 2.57. The van der Waals surface area contributed by atoms with Gasteiger partial charge < -0.3 is 15.2 Å². The Kier molecular flexibility index (Phi) is 1.44. The van der Waals surface area contributed by atoms with E-state index in [9.17, 15) is 0 Å². The molecular weight excluding hydrogens is 130 g/mol. The number of ether oxygens (including phenoxy) is 2. The fourth-order valence-electron chi connectivity index (χ4n) is 1.65. The van der Waals surface area contributed by atoms with Crippen molar-refractivity contribution in [2.45, 2.75) is 24.5 Å². The summed E-state index contributed by atoms with van der Waals surface area (Å²) in [6.45, 7) is 2.36. The SMILES string of the molecule is NC1COC12CCOCC2. The van der Waals surface area contributed by atoms with Crippen LogP contribution in [0.2, 0.25) is 0 Å². The molecule has 0 aromatic heterocycles. The summed E-state index contributed by atoms with van der Waals surface area (Å²) in [5, 5.41) is 0. The van der Waals surface area contributed by atoms with Crippen LogP contribution in [0.3, 0.4) is 0 Å². The van der Waals surface area contributed by atoms with Crippen LogP contribution in [-0.4, -0.2) is 31.5 Å². The molecule has 2 fully saturated rings. The van der Waals surface area contributed by atoms with E-state index in [0.29, 0.717) is 0 Å². The topological polar surface area (TPSA) is 44.5 Å². The van der Waals surface area contributed by atoms with Crippen molar-refractivity contribution in [1.29, 1.82) is 0 Å². The molecule has 0 aliphatic carbocycles. The predicted molar refractivity (Wildman–Crippen MR) is 36.7 cm³/mol. The van der Waals surface area contributed by atoms with Gasteiger partial charge in [0.1, 0.15) is 0 Å². The van der Waals surface area contributed by atoms with Gasteiger partial charge in [0.2, 0.25) is 0 Å². The van der Waals surface area contributed by atoms with Crippen molar-refractivity contribution in [2.24, 2.45) is 5.73 Å². The third-order valence-electron chi connectivity index (χ3n) is 2.57. The summed E-state index contributed by atoms with van der Waals surface area (Å²) >= 11 is 0. The lowest BCUT2D eigenvalue weighted by atomic mass is 9.82. The second-order valence-electron chi connectivity index (χ2n) is 3.09. The Hall–Kier alpha value is -0.120. The zero-order valence-electron chi connectivity index (χ0n) is 6.01. The van der Waals surface area contributed by atoms with Crippen LogP contribution >= 0.6 is 0 Å². The maximum atomic E-state index is 5.81. The Labute approximate surface area is 60.5 Å². The van der Waals surface area contributed by atoms with Gasteiger partial charge in [0.15, 0.2) is 0 Å². The molecule has 0 radical (unpaired) electrons. The average Bonchev–Trinajstić information content (AvgIpc) is 2.04. The van der Waals surface area contributed by atoms with Crippen molar-refractivity contribution in [3.8, 4) is 0 Å². The fraction of sp³-hybridized carbons (Fsp3) is 1.00. The third kappa shape index (κ3) is 0.779. The molecule has 0 saturated carbocycles. The Morgan fingerprint density at radius 1 is 1.30 bits per heavy atom. The fourth-order valence-corrected chi connectivity index (χ4v) is 1.65. The summed E-state index contributed by atoms with van der Waals surface area (Å²) in [6.07, 6.45) is 1.96. The number of hydrogen-bond donors (Lipinski definition) is 1. The van der Waals surface area contributed by atoms with Crippen LogP contribution in [0.15, 0.2) is 0 Å². The van der Waals surface area contributed by atoms with Crippen LogP contribution in [0, 0.1) is 0 Å². The van der Waals surface area contributed by atoms with Crippen molar-refractivity contribution >= 4 is 0 Å². The average molecular weight is 143 g/mol. The van der Waals surface area contributed by atoms with Crippen LogP contribution in [-0.2, 0) is 9.47 Å². The molecule has 10 heavy (non-hydrogen) atoms. The standard InChI is InChI=1S/C7H13NO2/c8-6-5-10-7(6)1-3-9-4-2-7/h6H,1-5,8H2. The Morgan fingerprint density at radius 2 is 2.00 bits per heavy atom. The maximum absolute atomic E-state index is 5.81. The minimum absolute atomic E-state index is 0.0122. The van der Waals surface area contributed by atoms with Gasteiger partial charge in [-0.25, -0.2) is 0 Å². The molecule has 1 spiro atoms. The van der Waals surface area contributed by atoms with Gasteiger partial charge in [-0.1, -0.05) is 0 Å². The van der Waals surface area contributed by atoms with Crippen molar-refractivity contribution in [3.63, 3.8) is 0 Å². The Balaban J connectivity index is 1.99. The van der Waals surface area contributed by atoms with Crippen LogP contribution in [0.4, 0.5) is 0 Å². The van der Waals surface area contributed by atoms with Crippen LogP contribution in [0.1, 0.15) is 12.8 Å². The molecule has 2 saturated heterocycles. The first-order chi connectivity index (χ1) is 4.83.